The molecule has 4 aromatic rings. The van der Waals surface area contributed by atoms with Gasteiger partial charge >= 0.3 is 5.97 Å². The van der Waals surface area contributed by atoms with Crippen LogP contribution in [0.15, 0.2) is 64.5 Å². The molecule has 3 aromatic heterocycles. The normalized spacial score (nSPS) is 15.8. The minimum Gasteiger partial charge on any atom is -0.497 e. The fourth-order valence-electron chi connectivity index (χ4n) is 4.44. The summed E-state index contributed by atoms with van der Waals surface area (Å²) in [6.07, 6.45) is 3.09. The molecular formula is C27H26N4O6. The zero-order chi connectivity index (χ0) is 25.9. The van der Waals surface area contributed by atoms with E-state index in [4.69, 9.17) is 19.2 Å². The van der Waals surface area contributed by atoms with Crippen molar-refractivity contribution in [2.45, 2.75) is 32.4 Å². The third-order valence-corrected chi connectivity index (χ3v) is 6.22. The summed E-state index contributed by atoms with van der Waals surface area (Å²) in [6, 6.07) is 13.2. The van der Waals surface area contributed by atoms with E-state index in [2.05, 4.69) is 4.99 Å². The first-order valence-corrected chi connectivity index (χ1v) is 12.1. The molecule has 1 atom stereocenters. The minimum absolute atomic E-state index is 0.00151. The van der Waals surface area contributed by atoms with E-state index in [1.807, 2.05) is 0 Å². The summed E-state index contributed by atoms with van der Waals surface area (Å²) in [5.41, 5.74) is 0.717. The number of amides is 1. The number of fused-ring (bicyclic) bond motifs is 2. The van der Waals surface area contributed by atoms with Gasteiger partial charge in [-0.25, -0.2) is 9.78 Å². The SMILES string of the molecule is CCOC(=O)c1cc2c(=O)n3ccccc3nc2n(C[C@H]2CCCO2)c1=NC(=O)c1cccc(OC)c1. The standard InChI is InChI=1S/C27H26N4O6/c1-3-36-27(34)21-15-20-23(28-22-11-4-5-12-30(22)26(20)33)31(16-19-10-7-13-37-19)24(21)29-25(32)17-8-6-9-18(14-17)35-2/h4-6,8-9,11-12,14-15,19H,3,7,10,13,16H2,1-2H3/t19-/m1/s1. The molecule has 0 bridgehead atoms. The lowest BCUT2D eigenvalue weighted by atomic mass is 10.1. The zero-order valence-corrected chi connectivity index (χ0v) is 20.5. The molecule has 1 amide bonds. The van der Waals surface area contributed by atoms with Gasteiger partial charge in [-0.2, -0.15) is 4.99 Å². The molecule has 0 radical (unpaired) electrons. The highest BCUT2D eigenvalue weighted by atomic mass is 16.5. The van der Waals surface area contributed by atoms with E-state index in [0.29, 0.717) is 23.7 Å². The summed E-state index contributed by atoms with van der Waals surface area (Å²) >= 11 is 0. The lowest BCUT2D eigenvalue weighted by Crippen LogP contribution is -2.35. The molecule has 1 aliphatic heterocycles. The van der Waals surface area contributed by atoms with E-state index in [9.17, 15) is 14.4 Å². The van der Waals surface area contributed by atoms with Crippen LogP contribution in [0.1, 0.15) is 40.5 Å². The number of nitrogens with zero attached hydrogens (tertiary/aromatic N) is 4. The molecule has 10 nitrogen and oxygen atoms in total. The minimum atomic E-state index is -0.694. The maximum atomic E-state index is 13.5. The zero-order valence-electron chi connectivity index (χ0n) is 20.5. The van der Waals surface area contributed by atoms with Gasteiger partial charge in [-0.3, -0.25) is 14.0 Å². The van der Waals surface area contributed by atoms with E-state index in [1.165, 1.54) is 17.6 Å². The van der Waals surface area contributed by atoms with Crippen molar-refractivity contribution in [2.24, 2.45) is 4.99 Å². The summed E-state index contributed by atoms with van der Waals surface area (Å²) in [5.74, 6) is -0.777. The Morgan fingerprint density at radius 1 is 1.19 bits per heavy atom. The molecule has 37 heavy (non-hydrogen) atoms. The number of hydrogen-bond acceptors (Lipinski definition) is 7. The molecule has 0 aliphatic carbocycles. The molecule has 0 saturated carbocycles. The smallest absolute Gasteiger partial charge is 0.341 e. The van der Waals surface area contributed by atoms with Gasteiger partial charge < -0.3 is 18.8 Å². The van der Waals surface area contributed by atoms with Gasteiger partial charge in [0.15, 0.2) is 5.49 Å². The highest BCUT2D eigenvalue weighted by molar-refractivity contribution is 5.97. The van der Waals surface area contributed by atoms with Gasteiger partial charge in [0, 0.05) is 18.4 Å². The van der Waals surface area contributed by atoms with Crippen LogP contribution in [0.3, 0.4) is 0 Å². The maximum Gasteiger partial charge on any atom is 0.341 e. The van der Waals surface area contributed by atoms with Gasteiger partial charge in [-0.05, 0) is 56.2 Å². The van der Waals surface area contributed by atoms with Gasteiger partial charge in [0.2, 0.25) is 0 Å². The number of ether oxygens (including phenoxy) is 3. The Morgan fingerprint density at radius 3 is 2.81 bits per heavy atom. The molecule has 1 fully saturated rings. The lowest BCUT2D eigenvalue weighted by molar-refractivity contribution is 0.0521. The van der Waals surface area contributed by atoms with Crippen LogP contribution in [0, 0.1) is 0 Å². The van der Waals surface area contributed by atoms with Gasteiger partial charge in [-0.15, -0.1) is 0 Å². The Labute approximate surface area is 211 Å². The number of rotatable bonds is 6. The molecule has 1 saturated heterocycles. The fraction of sp³-hybridized carbons (Fsp3) is 0.296. The Balaban J connectivity index is 1.84. The van der Waals surface area contributed by atoms with Crippen LogP contribution in [-0.2, 0) is 16.0 Å². The van der Waals surface area contributed by atoms with E-state index < -0.39 is 11.9 Å². The summed E-state index contributed by atoms with van der Waals surface area (Å²) in [6.45, 7) is 2.65. The number of hydrogen-bond donors (Lipinski definition) is 0. The monoisotopic (exact) mass is 502 g/mol. The Kier molecular flexibility index (Phi) is 6.82. The van der Waals surface area contributed by atoms with E-state index in [1.54, 1.807) is 60.2 Å². The van der Waals surface area contributed by atoms with E-state index in [-0.39, 0.29) is 46.8 Å². The molecule has 1 aromatic carbocycles. The van der Waals surface area contributed by atoms with Crippen LogP contribution in [0.5, 0.6) is 5.75 Å². The van der Waals surface area contributed by atoms with Crippen LogP contribution >= 0.6 is 0 Å². The van der Waals surface area contributed by atoms with Gasteiger partial charge in [0.25, 0.3) is 11.5 Å². The summed E-state index contributed by atoms with van der Waals surface area (Å²) in [7, 11) is 1.51. The van der Waals surface area contributed by atoms with Crippen molar-refractivity contribution >= 4 is 28.6 Å². The average Bonchev–Trinajstić information content (AvgIpc) is 3.43. The summed E-state index contributed by atoms with van der Waals surface area (Å²) in [5, 5.41) is 0.206. The van der Waals surface area contributed by atoms with Crippen molar-refractivity contribution in [3.05, 3.63) is 81.7 Å². The van der Waals surface area contributed by atoms with Crippen molar-refractivity contribution in [1.82, 2.24) is 14.0 Å². The number of carbonyl (C=O) groups is 2. The molecule has 0 spiro atoms. The molecule has 4 heterocycles. The van der Waals surface area contributed by atoms with Crippen molar-refractivity contribution in [1.29, 1.82) is 0 Å². The molecule has 10 heteroatoms. The number of aromatic nitrogens is 3. The number of esters is 1. The maximum absolute atomic E-state index is 13.5. The topological polar surface area (TPSA) is 113 Å². The Morgan fingerprint density at radius 2 is 2.05 bits per heavy atom. The van der Waals surface area contributed by atoms with Crippen molar-refractivity contribution in [3.8, 4) is 5.75 Å². The number of pyridine rings is 2. The van der Waals surface area contributed by atoms with Gasteiger partial charge in [0.1, 0.15) is 22.6 Å². The van der Waals surface area contributed by atoms with Crippen molar-refractivity contribution in [3.63, 3.8) is 0 Å². The molecular weight excluding hydrogens is 476 g/mol. The molecule has 190 valence electrons. The number of carbonyl (C=O) groups excluding carboxylic acids is 2. The average molecular weight is 503 g/mol. The van der Waals surface area contributed by atoms with Crippen LogP contribution in [0.2, 0.25) is 0 Å². The summed E-state index contributed by atoms with van der Waals surface area (Å²) < 4.78 is 19.4. The van der Waals surface area contributed by atoms with Crippen LogP contribution in [0.4, 0.5) is 0 Å². The van der Waals surface area contributed by atoms with Crippen molar-refractivity contribution < 1.29 is 23.8 Å². The Hall–Kier alpha value is -4.31. The molecule has 1 aliphatic rings. The second-order valence-corrected chi connectivity index (χ2v) is 8.58. The predicted octanol–water partition coefficient (Wildman–Crippen LogP) is 2.75. The first-order valence-electron chi connectivity index (χ1n) is 12.1. The highest BCUT2D eigenvalue weighted by Gasteiger charge is 2.24. The van der Waals surface area contributed by atoms with E-state index >= 15 is 0 Å². The lowest BCUT2D eigenvalue weighted by Gasteiger charge is -2.18. The van der Waals surface area contributed by atoms with Crippen LogP contribution < -0.4 is 15.8 Å². The third-order valence-electron chi connectivity index (χ3n) is 6.22. The highest BCUT2D eigenvalue weighted by Crippen LogP contribution is 2.18. The second kappa shape index (κ2) is 10.4. The molecule has 0 N–H and O–H groups in total. The second-order valence-electron chi connectivity index (χ2n) is 8.58. The third kappa shape index (κ3) is 4.75. The van der Waals surface area contributed by atoms with Crippen molar-refractivity contribution in [2.75, 3.05) is 20.3 Å². The number of methoxy groups -OCH3 is 1. The molecule has 5 rings (SSSR count). The van der Waals surface area contributed by atoms with Gasteiger partial charge in [-0.1, -0.05) is 12.1 Å². The van der Waals surface area contributed by atoms with E-state index in [0.717, 1.165) is 12.8 Å². The van der Waals surface area contributed by atoms with Crippen LogP contribution in [0.25, 0.3) is 16.7 Å². The molecule has 0 unspecified atom stereocenters. The quantitative estimate of drug-likeness (QED) is 0.294. The Bertz CT molecular complexity index is 1630. The fourth-order valence-corrected chi connectivity index (χ4v) is 4.44. The largest absolute Gasteiger partial charge is 0.497 e. The number of benzene rings is 1. The van der Waals surface area contributed by atoms with Crippen LogP contribution in [-0.4, -0.2) is 52.3 Å². The first-order chi connectivity index (χ1) is 18.0. The van der Waals surface area contributed by atoms with Gasteiger partial charge in [0.05, 0.1) is 31.8 Å². The predicted molar refractivity (Wildman–Crippen MR) is 135 cm³/mol. The first kappa shape index (κ1) is 24.4. The summed E-state index contributed by atoms with van der Waals surface area (Å²) in [4.78, 5) is 49.0.